The number of aliphatic hydroxyl groups is 1. The second-order valence-corrected chi connectivity index (χ2v) is 24.8. The van der Waals surface area contributed by atoms with Crippen LogP contribution in [0.1, 0.15) is 79.2 Å². The Labute approximate surface area is 379 Å². The van der Waals surface area contributed by atoms with E-state index in [1.165, 1.54) is 22.7 Å². The number of carbonyl (C=O) groups is 1. The number of benzene rings is 2. The molecule has 5 rings (SSSR count). The monoisotopic (exact) mass is 968 g/mol. The molecule has 0 unspecified atom stereocenters. The minimum Gasteiger partial charge on any atom is -0.454 e. The fourth-order valence-corrected chi connectivity index (χ4v) is 9.20. The molecule has 63 heavy (non-hydrogen) atoms. The third kappa shape index (κ3) is 19.3. The summed E-state index contributed by atoms with van der Waals surface area (Å²) in [6.45, 7) is 14.4. The summed E-state index contributed by atoms with van der Waals surface area (Å²) in [5.41, 5.74) is 6.46. The number of nitrogens with one attached hydrogen (secondary N) is 2. The highest BCUT2D eigenvalue weighted by Gasteiger charge is 2.44. The van der Waals surface area contributed by atoms with Crippen LogP contribution in [-0.4, -0.2) is 124 Å². The third-order valence-corrected chi connectivity index (χ3v) is 13.8. The van der Waals surface area contributed by atoms with Crippen molar-refractivity contribution in [2.75, 3.05) is 58.7 Å². The summed E-state index contributed by atoms with van der Waals surface area (Å²) in [6.07, 6.45) is 3.61. The summed E-state index contributed by atoms with van der Waals surface area (Å²) in [4.78, 5) is 13.2. The van der Waals surface area contributed by atoms with Gasteiger partial charge in [-0.05, 0) is 79.5 Å². The Balaban J connectivity index is 0.000000465. The van der Waals surface area contributed by atoms with E-state index in [4.69, 9.17) is 29.4 Å². The molecule has 0 radical (unpaired) electrons. The fourth-order valence-electron chi connectivity index (χ4n) is 7.02. The molecule has 0 bridgehead atoms. The minimum atomic E-state index is -4.11. The van der Waals surface area contributed by atoms with Crippen molar-refractivity contribution >= 4 is 45.9 Å². The summed E-state index contributed by atoms with van der Waals surface area (Å²) in [7, 11) is -5.81. The lowest BCUT2D eigenvalue weighted by atomic mass is 9.77. The van der Waals surface area contributed by atoms with Crippen LogP contribution in [0.2, 0.25) is 0 Å². The molecule has 1 amide bonds. The third-order valence-electron chi connectivity index (χ3n) is 11.3. The molecule has 360 valence electrons. The van der Waals surface area contributed by atoms with Gasteiger partial charge in [0.2, 0.25) is 35.9 Å². The normalized spacial score (nSPS) is 19.7. The quantitative estimate of drug-likeness (QED) is 0.103. The number of fused-ring (bicyclic) bond motifs is 2. The van der Waals surface area contributed by atoms with Crippen molar-refractivity contribution < 1.29 is 58.8 Å². The zero-order valence-electron chi connectivity index (χ0n) is 37.7. The number of nitrogens with zero attached hydrogens (tertiary/aromatic N) is 1. The smallest absolute Gasteiger partial charge is 0.407 e. The maximum Gasteiger partial charge on any atom is 0.407 e. The predicted octanol–water partition coefficient (Wildman–Crippen LogP) is 4.81. The van der Waals surface area contributed by atoms with E-state index in [9.17, 15) is 35.2 Å². The molecule has 3 aliphatic rings. The van der Waals surface area contributed by atoms with Crippen molar-refractivity contribution in [2.45, 2.75) is 110 Å². The van der Waals surface area contributed by atoms with Crippen molar-refractivity contribution in [3.63, 3.8) is 0 Å². The zero-order valence-corrected chi connectivity index (χ0v) is 41.0. The highest BCUT2D eigenvalue weighted by Crippen LogP contribution is 2.36. The number of nitrogens with two attached hydrogens (primary N) is 1. The van der Waals surface area contributed by atoms with Gasteiger partial charge in [0, 0.05) is 36.4 Å². The average molecular weight is 970 g/mol. The summed E-state index contributed by atoms with van der Waals surface area (Å²) in [5.74, 6) is 1.38. The number of sulfonamides is 2. The number of hydrogen-bond acceptors (Lipinski definition) is 14. The van der Waals surface area contributed by atoms with Gasteiger partial charge >= 0.3 is 6.09 Å². The molecule has 0 aromatic heterocycles. The van der Waals surface area contributed by atoms with Gasteiger partial charge in [0.25, 0.3) is 0 Å². The lowest BCUT2D eigenvalue weighted by Gasteiger charge is -2.35. The maximum absolute atomic E-state index is 14.1. The Morgan fingerprint density at radius 1 is 0.968 bits per heavy atom. The molecule has 0 aliphatic carbocycles. The van der Waals surface area contributed by atoms with Gasteiger partial charge in [0.15, 0.2) is 17.8 Å². The van der Waals surface area contributed by atoms with Crippen LogP contribution in [-0.2, 0) is 49.7 Å². The Hall–Kier alpha value is -2.79. The molecule has 17 nitrogen and oxygen atoms in total. The number of carbonyl (C=O) groups excluding carboxylic acids is 1. The SMILES string of the molecule is CC(C)(CCCN)CN(C[C@@H](O)[C@H](Cc1ccccc1)NC(=O)O[C@H]1CO[C@H]2OCC[C@H]21)S(=O)(=O)c1ccc2c(c1)OCO2.CC(C)C(C)(C)CCCNS(C)(=O)=O.CS(=O)(=O)Cl. The van der Waals surface area contributed by atoms with Gasteiger partial charge in [0.05, 0.1) is 48.7 Å². The topological polar surface area (TPSA) is 239 Å². The second kappa shape index (κ2) is 24.1. The van der Waals surface area contributed by atoms with E-state index >= 15 is 0 Å². The van der Waals surface area contributed by atoms with E-state index in [1.807, 2.05) is 44.2 Å². The first-order chi connectivity index (χ1) is 29.2. The van der Waals surface area contributed by atoms with Crippen molar-refractivity contribution in [3.8, 4) is 11.5 Å². The molecular weight excluding hydrogens is 900 g/mol. The van der Waals surface area contributed by atoms with Crippen molar-refractivity contribution in [3.05, 3.63) is 54.1 Å². The Morgan fingerprint density at radius 2 is 1.62 bits per heavy atom. The van der Waals surface area contributed by atoms with Crippen molar-refractivity contribution in [2.24, 2.45) is 28.4 Å². The van der Waals surface area contributed by atoms with E-state index in [-0.39, 0.29) is 50.0 Å². The van der Waals surface area contributed by atoms with E-state index in [0.29, 0.717) is 48.9 Å². The lowest BCUT2D eigenvalue weighted by Crippen LogP contribution is -2.52. The fraction of sp³-hybridized carbons (Fsp3) is 0.690. The van der Waals surface area contributed by atoms with Crippen LogP contribution < -0.4 is 25.2 Å². The highest BCUT2D eigenvalue weighted by molar-refractivity contribution is 8.13. The zero-order chi connectivity index (χ0) is 47.2. The van der Waals surface area contributed by atoms with Gasteiger partial charge < -0.3 is 39.8 Å². The molecule has 2 fully saturated rings. The number of alkyl carbamates (subject to hydrolysis) is 1. The molecule has 3 heterocycles. The van der Waals surface area contributed by atoms with Gasteiger partial charge in [-0.2, -0.15) is 4.31 Å². The molecule has 2 saturated heterocycles. The molecule has 2 aromatic carbocycles. The van der Waals surface area contributed by atoms with Crippen molar-refractivity contribution in [1.82, 2.24) is 14.3 Å². The number of ether oxygens (including phenoxy) is 5. The summed E-state index contributed by atoms with van der Waals surface area (Å²) < 4.78 is 100. The first kappa shape index (κ1) is 54.5. The van der Waals surface area contributed by atoms with Crippen LogP contribution >= 0.6 is 10.7 Å². The van der Waals surface area contributed by atoms with Crippen LogP contribution in [0.3, 0.4) is 0 Å². The van der Waals surface area contributed by atoms with Crippen LogP contribution in [0, 0.1) is 22.7 Å². The lowest BCUT2D eigenvalue weighted by molar-refractivity contribution is -0.0907. The van der Waals surface area contributed by atoms with Gasteiger partial charge in [-0.15, -0.1) is 0 Å². The molecule has 5 atom stereocenters. The molecule has 0 saturated carbocycles. The van der Waals surface area contributed by atoms with Crippen LogP contribution in [0.4, 0.5) is 4.79 Å². The Bertz CT molecular complexity index is 2070. The first-order valence-electron chi connectivity index (χ1n) is 21.1. The standard InChI is InChI=1S/C31H43N3O9S.C10H23NO2S.CH3ClO2S/c1-31(2,12-6-13-32)19-34(44(37,38)22-9-10-26-27(16-22)42-20-41-26)17-25(35)24(15-21-7-4-3-5-8-21)33-30(36)43-28-18-40-29-23(28)11-14-39-29;1-9(2)10(3,4)7-6-8-11-14(5,12)13;1-5(2,3)4/h3-5,7-10,16,23-25,28-29,35H,6,11-15,17-20,32H2,1-2H3,(H,33,36);9,11H,6-8H2,1-5H3;1H3/t23-,24-,25+,28-,29+;;/m0../s1. The Kier molecular flexibility index (Phi) is 20.9. The van der Waals surface area contributed by atoms with Crippen LogP contribution in [0.25, 0.3) is 0 Å². The van der Waals surface area contributed by atoms with Gasteiger partial charge in [-0.1, -0.05) is 71.9 Å². The number of hydrogen-bond donors (Lipinski definition) is 4. The minimum absolute atomic E-state index is 0.0116. The average Bonchev–Trinajstić information content (AvgIpc) is 3.94. The molecule has 3 aliphatic heterocycles. The van der Waals surface area contributed by atoms with Gasteiger partial charge in [-0.25, -0.2) is 34.8 Å². The van der Waals surface area contributed by atoms with Gasteiger partial charge in [0.1, 0.15) is 6.10 Å². The largest absolute Gasteiger partial charge is 0.454 e. The maximum atomic E-state index is 14.1. The predicted molar refractivity (Wildman–Crippen MR) is 242 cm³/mol. The molecule has 5 N–H and O–H groups in total. The summed E-state index contributed by atoms with van der Waals surface area (Å²) >= 11 is 0. The summed E-state index contributed by atoms with van der Waals surface area (Å²) in [6, 6.07) is 13.0. The summed E-state index contributed by atoms with van der Waals surface area (Å²) in [5, 5.41) is 14.5. The molecular formula is C42H69ClN4O13S3. The number of amides is 1. The van der Waals surface area contributed by atoms with E-state index in [0.717, 1.165) is 37.5 Å². The van der Waals surface area contributed by atoms with E-state index in [2.05, 4.69) is 48.4 Å². The molecule has 0 spiro atoms. The van der Waals surface area contributed by atoms with Gasteiger partial charge in [-0.3, -0.25) is 0 Å². The van der Waals surface area contributed by atoms with Crippen molar-refractivity contribution in [1.29, 1.82) is 0 Å². The molecule has 21 heteroatoms. The first-order valence-corrected chi connectivity index (χ1v) is 27.1. The molecule has 2 aromatic rings. The Morgan fingerprint density at radius 3 is 2.24 bits per heavy atom. The van der Waals surface area contributed by atoms with E-state index < -0.39 is 58.9 Å². The second-order valence-electron chi connectivity index (χ2n) is 17.9. The van der Waals surface area contributed by atoms with E-state index in [1.54, 1.807) is 6.07 Å². The number of halogens is 1. The number of rotatable bonds is 20. The van der Waals surface area contributed by atoms with Crippen LogP contribution in [0.15, 0.2) is 53.4 Å². The van der Waals surface area contributed by atoms with Crippen LogP contribution in [0.5, 0.6) is 11.5 Å². The highest BCUT2D eigenvalue weighted by atomic mass is 35.7. The number of aliphatic hydroxyl groups excluding tert-OH is 1.